The van der Waals surface area contributed by atoms with Crippen molar-refractivity contribution in [1.29, 1.82) is 0 Å². The van der Waals surface area contributed by atoms with E-state index in [1.54, 1.807) is 12.1 Å². The molecule has 0 radical (unpaired) electrons. The molecule has 0 heterocycles. The first-order chi connectivity index (χ1) is 23.7. The van der Waals surface area contributed by atoms with Gasteiger partial charge in [0.05, 0.1) is 0 Å². The summed E-state index contributed by atoms with van der Waals surface area (Å²) in [6.07, 6.45) is 7.20. The van der Waals surface area contributed by atoms with Gasteiger partial charge in [-0.05, 0) is 68.3 Å². The van der Waals surface area contributed by atoms with Gasteiger partial charge >= 0.3 is 12.0 Å². The number of amides is 2. The zero-order chi connectivity index (χ0) is 36.9. The number of urea groups is 1. The first-order valence-corrected chi connectivity index (χ1v) is 18.4. The summed E-state index contributed by atoms with van der Waals surface area (Å²) in [5.41, 5.74) is 4.18. The molecule has 2 amide bonds. The number of hydrogen-bond acceptors (Lipinski definition) is 4. The maximum atomic E-state index is 12.7. The van der Waals surface area contributed by atoms with Crippen molar-refractivity contribution in [2.45, 2.75) is 120 Å². The Morgan fingerprint density at radius 1 is 0.796 bits per heavy atom. The lowest BCUT2D eigenvalue weighted by Crippen LogP contribution is -2.41. The largest absolute Gasteiger partial charge is 0.479 e. The van der Waals surface area contributed by atoms with E-state index in [2.05, 4.69) is 55.7 Å². The van der Waals surface area contributed by atoms with Gasteiger partial charge in [0.1, 0.15) is 5.75 Å². The Morgan fingerprint density at radius 2 is 1.31 bits per heavy atom. The molecule has 1 saturated carbocycles. The first kappa shape index (κ1) is 45.2. The van der Waals surface area contributed by atoms with Crippen LogP contribution in [0.3, 0.4) is 0 Å². The van der Waals surface area contributed by atoms with Crippen LogP contribution in [0, 0.1) is 12.3 Å². The number of benzene rings is 3. The van der Waals surface area contributed by atoms with E-state index in [0.29, 0.717) is 25.4 Å². The lowest BCUT2D eigenvalue weighted by molar-refractivity contribution is -0.144. The second-order valence-corrected chi connectivity index (χ2v) is 12.1. The van der Waals surface area contributed by atoms with Crippen LogP contribution in [0.4, 0.5) is 4.79 Å². The first-order valence-electron chi connectivity index (χ1n) is 18.4. The van der Waals surface area contributed by atoms with E-state index in [1.807, 2.05) is 88.0 Å². The molecule has 3 N–H and O–H groups in total. The standard InChI is InChI=1S/C22H31N3O.C10H12O3.C6H12.2C2H6/c1-2-3-10-15-23-16-17-24-22(26)25(18-20-11-6-4-7-12-20)19-21-13-8-5-9-14-21;1-7-3-5-9(6-4-7)13-8(2)10(11)12;1-3-6(2)4-5-6;2*1-2/h4-9,11-14,23H,2-3,10,15-19H2,1H3,(H,24,26);3-6,8H,1-2H3,(H,11,12);3-5H2,1-2H3;2*1-2H3. The van der Waals surface area contributed by atoms with Crippen molar-refractivity contribution < 1.29 is 19.4 Å². The summed E-state index contributed by atoms with van der Waals surface area (Å²) in [4.78, 5) is 25.0. The second-order valence-electron chi connectivity index (χ2n) is 12.1. The third kappa shape index (κ3) is 22.4. The molecule has 0 aromatic heterocycles. The molecule has 49 heavy (non-hydrogen) atoms. The fourth-order valence-electron chi connectivity index (χ4n) is 4.24. The molecular formula is C42H67N3O4. The van der Waals surface area contributed by atoms with E-state index in [4.69, 9.17) is 9.84 Å². The number of nitrogens with one attached hydrogen (secondary N) is 2. The van der Waals surface area contributed by atoms with Crippen LogP contribution in [0.1, 0.15) is 111 Å². The predicted molar refractivity (Wildman–Crippen MR) is 207 cm³/mol. The van der Waals surface area contributed by atoms with E-state index < -0.39 is 12.1 Å². The van der Waals surface area contributed by atoms with Gasteiger partial charge in [-0.2, -0.15) is 0 Å². The van der Waals surface area contributed by atoms with Gasteiger partial charge in [-0.3, -0.25) is 0 Å². The summed E-state index contributed by atoms with van der Waals surface area (Å²) < 4.78 is 5.13. The number of carbonyl (C=O) groups excluding carboxylic acids is 1. The average Bonchev–Trinajstić information content (AvgIpc) is 3.89. The molecule has 3 aromatic rings. The van der Waals surface area contributed by atoms with Gasteiger partial charge in [-0.15, -0.1) is 0 Å². The highest BCUT2D eigenvalue weighted by Crippen LogP contribution is 2.47. The summed E-state index contributed by atoms with van der Waals surface area (Å²) in [6, 6.07) is 27.5. The Labute approximate surface area is 298 Å². The van der Waals surface area contributed by atoms with Crippen LogP contribution in [0.5, 0.6) is 5.75 Å². The van der Waals surface area contributed by atoms with Crippen LogP contribution >= 0.6 is 0 Å². The molecule has 1 fully saturated rings. The SMILES string of the molecule is CC.CC.CCC1(C)CC1.CCCCCNCCNC(=O)N(Cc1ccccc1)Cc1ccccc1.Cc1ccc(OC(C)C(=O)O)cc1. The van der Waals surface area contributed by atoms with Crippen molar-refractivity contribution in [2.75, 3.05) is 19.6 Å². The summed E-state index contributed by atoms with van der Waals surface area (Å²) in [7, 11) is 0. The number of nitrogens with zero attached hydrogens (tertiary/aromatic N) is 1. The van der Waals surface area contributed by atoms with E-state index in [-0.39, 0.29) is 6.03 Å². The molecule has 0 saturated heterocycles. The highest BCUT2D eigenvalue weighted by Gasteiger charge is 2.34. The molecule has 0 spiro atoms. The van der Waals surface area contributed by atoms with Crippen molar-refractivity contribution >= 4 is 12.0 Å². The van der Waals surface area contributed by atoms with Gasteiger partial charge in [-0.1, -0.05) is 146 Å². The Balaban J connectivity index is 0.000000824. The minimum absolute atomic E-state index is 0.0203. The zero-order valence-corrected chi connectivity index (χ0v) is 32.1. The molecule has 1 aliphatic carbocycles. The molecule has 1 aliphatic rings. The summed E-state index contributed by atoms with van der Waals surface area (Å²) in [5, 5.41) is 15.0. The van der Waals surface area contributed by atoms with Gasteiger partial charge in [0.15, 0.2) is 6.10 Å². The van der Waals surface area contributed by atoms with E-state index in [1.165, 1.54) is 45.4 Å². The smallest absolute Gasteiger partial charge is 0.344 e. The van der Waals surface area contributed by atoms with E-state index in [9.17, 15) is 9.59 Å². The topological polar surface area (TPSA) is 90.9 Å². The molecule has 4 rings (SSSR count). The quantitative estimate of drug-likeness (QED) is 0.139. The molecule has 1 unspecified atom stereocenters. The number of ether oxygens (including phenoxy) is 1. The van der Waals surface area contributed by atoms with Crippen molar-refractivity contribution in [1.82, 2.24) is 15.5 Å². The molecule has 0 aliphatic heterocycles. The van der Waals surface area contributed by atoms with Crippen LogP contribution < -0.4 is 15.4 Å². The van der Waals surface area contributed by atoms with Crippen LogP contribution in [0.2, 0.25) is 0 Å². The maximum Gasteiger partial charge on any atom is 0.344 e. The highest BCUT2D eigenvalue weighted by atomic mass is 16.5. The number of carboxylic acid groups (broad SMARTS) is 1. The van der Waals surface area contributed by atoms with Crippen molar-refractivity contribution in [3.8, 4) is 5.75 Å². The number of unbranched alkanes of at least 4 members (excludes halogenated alkanes) is 2. The van der Waals surface area contributed by atoms with Gasteiger partial charge in [0.2, 0.25) is 0 Å². The number of aryl methyl sites for hydroxylation is 1. The van der Waals surface area contributed by atoms with Gasteiger partial charge in [0, 0.05) is 26.2 Å². The molecule has 274 valence electrons. The number of rotatable bonds is 15. The van der Waals surface area contributed by atoms with E-state index >= 15 is 0 Å². The molecule has 7 heteroatoms. The number of carbonyl (C=O) groups is 2. The van der Waals surface area contributed by atoms with Gasteiger partial charge in [-0.25, -0.2) is 9.59 Å². The Hall–Kier alpha value is -3.84. The van der Waals surface area contributed by atoms with Crippen molar-refractivity contribution in [3.05, 3.63) is 102 Å². The van der Waals surface area contributed by atoms with E-state index in [0.717, 1.165) is 35.2 Å². The molecule has 7 nitrogen and oxygen atoms in total. The van der Waals surface area contributed by atoms with Crippen LogP contribution in [0.25, 0.3) is 0 Å². The average molecular weight is 678 g/mol. The fraction of sp³-hybridized carbons (Fsp3) is 0.524. The minimum Gasteiger partial charge on any atom is -0.479 e. The van der Waals surface area contributed by atoms with Crippen LogP contribution in [-0.2, 0) is 17.9 Å². The van der Waals surface area contributed by atoms with Gasteiger partial charge in [0.25, 0.3) is 0 Å². The lowest BCUT2D eigenvalue weighted by atomic mass is 10.1. The zero-order valence-electron chi connectivity index (χ0n) is 32.1. The molecular weight excluding hydrogens is 610 g/mol. The van der Waals surface area contributed by atoms with Crippen molar-refractivity contribution in [2.24, 2.45) is 5.41 Å². The molecule has 0 bridgehead atoms. The minimum atomic E-state index is -0.958. The second kappa shape index (κ2) is 28.0. The maximum absolute atomic E-state index is 12.7. The Kier molecular flexibility index (Phi) is 25.8. The number of aliphatic carboxylic acids is 1. The fourth-order valence-corrected chi connectivity index (χ4v) is 4.24. The lowest BCUT2D eigenvalue weighted by Gasteiger charge is -2.23. The van der Waals surface area contributed by atoms with Crippen LogP contribution in [0.15, 0.2) is 84.9 Å². The predicted octanol–water partition coefficient (Wildman–Crippen LogP) is 10.3. The van der Waals surface area contributed by atoms with Crippen LogP contribution in [-0.4, -0.2) is 47.7 Å². The monoisotopic (exact) mass is 678 g/mol. The van der Waals surface area contributed by atoms with Gasteiger partial charge < -0.3 is 25.4 Å². The normalized spacial score (nSPS) is 12.3. The Morgan fingerprint density at radius 3 is 1.71 bits per heavy atom. The highest BCUT2D eigenvalue weighted by molar-refractivity contribution is 5.74. The van der Waals surface area contributed by atoms with Crippen molar-refractivity contribution in [3.63, 3.8) is 0 Å². The third-order valence-corrected chi connectivity index (χ3v) is 7.89. The molecule has 1 atom stereocenters. The molecule has 3 aromatic carbocycles. The number of carboxylic acids is 1. The summed E-state index contributed by atoms with van der Waals surface area (Å²) in [5.74, 6) is -0.374. The summed E-state index contributed by atoms with van der Waals surface area (Å²) >= 11 is 0. The summed E-state index contributed by atoms with van der Waals surface area (Å²) in [6.45, 7) is 22.0. The third-order valence-electron chi connectivity index (χ3n) is 7.89. The Bertz CT molecular complexity index is 1170. The number of hydrogen-bond donors (Lipinski definition) is 3.